The molecule has 16 N–H and O–H groups in total. The molecule has 0 fully saturated rings. The molecule has 30 nitrogen and oxygen atoms in total. The summed E-state index contributed by atoms with van der Waals surface area (Å²) in [5.41, 5.74) is 1.36. The van der Waals surface area contributed by atoms with E-state index < -0.39 is 30.0 Å². The summed E-state index contributed by atoms with van der Waals surface area (Å²) in [5, 5.41) is 101. The van der Waals surface area contributed by atoms with Crippen molar-refractivity contribution in [2.45, 2.75) is 9.79 Å². The van der Waals surface area contributed by atoms with Gasteiger partial charge in [0.25, 0.3) is 20.2 Å². The number of anilines is 10. The monoisotopic (exact) mass is 1210 g/mol. The standard InChI is InChI=1S/C40H44N12O10S2.2C6H15NO3/c53-21-17-51(18-22-54)39-47-35(41-29-7-3-1-4-8-29)45-37(49-39)43-31-15-13-27(33(25-31)63(57,58)59)11-12-28-14-16-32(26-34(28)64(60,61)62)44-38-46-36(42-30-9-5-2-6-10-30)48-40(50-38)52(19-23-55)20-24-56;2*8-4-1-7(2-5-9)3-6-10/h1-16,25-26,53-56H,17-24H2,(H,57,58,59)(H,60,61,62)(H2,41,43,45,47,49)(H2,42,44,46,48,50);2*8-10H,1-6H2/b12-11+;;. The van der Waals surface area contributed by atoms with Crippen LogP contribution >= 0.6 is 0 Å². The fourth-order valence-electron chi connectivity index (χ4n) is 7.55. The van der Waals surface area contributed by atoms with Crippen LogP contribution in [0, 0.1) is 0 Å². The van der Waals surface area contributed by atoms with E-state index in [9.17, 15) is 46.4 Å². The third-order valence-electron chi connectivity index (χ3n) is 11.4. The molecule has 84 heavy (non-hydrogen) atoms. The first kappa shape index (κ1) is 69.3. The summed E-state index contributed by atoms with van der Waals surface area (Å²) in [5.74, 6) is 0.187. The van der Waals surface area contributed by atoms with E-state index in [1.165, 1.54) is 46.2 Å². The topological polar surface area (TPSA) is 449 Å². The Morgan fingerprint density at radius 2 is 0.607 bits per heavy atom. The minimum Gasteiger partial charge on any atom is -0.395 e. The Bertz CT molecular complexity index is 2880. The highest BCUT2D eigenvalue weighted by Gasteiger charge is 2.21. The summed E-state index contributed by atoms with van der Waals surface area (Å²) < 4.78 is 71.5. The van der Waals surface area contributed by atoms with Crippen molar-refractivity contribution in [3.63, 3.8) is 0 Å². The summed E-state index contributed by atoms with van der Waals surface area (Å²) in [4.78, 5) is 31.8. The minimum absolute atomic E-state index is 0.0647. The van der Waals surface area contributed by atoms with Crippen molar-refractivity contribution in [3.05, 3.63) is 108 Å². The molecular weight excluding hydrogens is 1140 g/mol. The van der Waals surface area contributed by atoms with Crippen molar-refractivity contribution in [3.8, 4) is 0 Å². The van der Waals surface area contributed by atoms with E-state index in [0.717, 1.165) is 12.1 Å². The zero-order valence-electron chi connectivity index (χ0n) is 45.8. The Hall–Kier alpha value is -7.22. The third-order valence-corrected chi connectivity index (χ3v) is 13.2. The Kier molecular flexibility index (Phi) is 30.7. The molecule has 0 radical (unpaired) electrons. The van der Waals surface area contributed by atoms with Crippen LogP contribution in [0.4, 0.5) is 58.4 Å². The molecule has 0 unspecified atom stereocenters. The Labute approximate surface area is 486 Å². The van der Waals surface area contributed by atoms with Gasteiger partial charge in [-0.2, -0.15) is 46.7 Å². The number of rotatable bonds is 34. The lowest BCUT2D eigenvalue weighted by Crippen LogP contribution is -2.32. The molecule has 0 saturated carbocycles. The highest BCUT2D eigenvalue weighted by Crippen LogP contribution is 2.29. The van der Waals surface area contributed by atoms with Gasteiger partial charge in [0.1, 0.15) is 9.79 Å². The van der Waals surface area contributed by atoms with Crippen molar-refractivity contribution >= 4 is 90.8 Å². The molecule has 0 spiro atoms. The lowest BCUT2D eigenvalue weighted by Gasteiger charge is -2.21. The van der Waals surface area contributed by atoms with Crippen LogP contribution in [0.3, 0.4) is 0 Å². The van der Waals surface area contributed by atoms with Gasteiger partial charge >= 0.3 is 0 Å². The molecule has 0 saturated heterocycles. The maximum Gasteiger partial charge on any atom is 0.295 e. The summed E-state index contributed by atoms with van der Waals surface area (Å²) in [7, 11) is -9.82. The molecular formula is C52H74N14O16S2. The van der Waals surface area contributed by atoms with Crippen LogP contribution in [-0.4, -0.2) is 248 Å². The molecule has 460 valence electrons. The SMILES string of the molecule is O=S(=O)(O)c1cc(Nc2nc(Nc3ccccc3)nc(N(CCO)CCO)n2)ccc1/C=C/c1ccc(Nc2nc(Nc3ccccc3)nc(N(CCO)CCO)n2)cc1S(=O)(=O)O.OCCN(CCO)CCO.OCCN(CCO)CCO. The zero-order chi connectivity index (χ0) is 61.3. The smallest absolute Gasteiger partial charge is 0.295 e. The van der Waals surface area contributed by atoms with E-state index in [1.54, 1.807) is 58.3 Å². The summed E-state index contributed by atoms with van der Waals surface area (Å²) in [6.07, 6.45) is 2.45. The number of nitrogens with one attached hydrogen (secondary N) is 4. The van der Waals surface area contributed by atoms with Gasteiger partial charge in [-0.25, -0.2) is 0 Å². The molecule has 2 heterocycles. The van der Waals surface area contributed by atoms with Crippen LogP contribution in [0.1, 0.15) is 11.1 Å². The first-order chi connectivity index (χ1) is 40.4. The average molecular weight is 1220 g/mol. The maximum absolute atomic E-state index is 12.7. The van der Waals surface area contributed by atoms with Crippen LogP contribution in [0.25, 0.3) is 12.2 Å². The Balaban J connectivity index is 0.000000643. The maximum atomic E-state index is 12.7. The predicted molar refractivity (Wildman–Crippen MR) is 315 cm³/mol. The quantitative estimate of drug-likeness (QED) is 0.0184. The average Bonchev–Trinajstić information content (AvgIpc) is 3.58. The second kappa shape index (κ2) is 37.2. The minimum atomic E-state index is -4.91. The largest absolute Gasteiger partial charge is 0.395 e. The zero-order valence-corrected chi connectivity index (χ0v) is 47.5. The summed E-state index contributed by atoms with van der Waals surface area (Å²) in [6, 6.07) is 25.7. The van der Waals surface area contributed by atoms with Crippen LogP contribution in [-0.2, 0) is 20.2 Å². The van der Waals surface area contributed by atoms with Gasteiger partial charge in [-0.05, 0) is 59.7 Å². The molecule has 0 bridgehead atoms. The predicted octanol–water partition coefficient (Wildman–Crippen LogP) is -0.193. The van der Waals surface area contributed by atoms with Crippen LogP contribution < -0.4 is 31.1 Å². The first-order valence-corrected chi connectivity index (χ1v) is 29.0. The van der Waals surface area contributed by atoms with E-state index in [2.05, 4.69) is 51.2 Å². The van der Waals surface area contributed by atoms with E-state index in [0.29, 0.717) is 50.6 Å². The number of nitrogens with zero attached hydrogens (tertiary/aromatic N) is 10. The molecule has 0 atom stereocenters. The number of para-hydroxylation sites is 2. The first-order valence-electron chi connectivity index (χ1n) is 26.1. The molecule has 0 aliphatic rings. The number of benzene rings is 4. The molecule has 2 aromatic heterocycles. The molecule has 0 aliphatic heterocycles. The highest BCUT2D eigenvalue weighted by atomic mass is 32.2. The molecule has 6 rings (SSSR count). The van der Waals surface area contributed by atoms with Gasteiger partial charge in [0, 0.05) is 88.2 Å². The van der Waals surface area contributed by atoms with E-state index in [1.807, 2.05) is 12.1 Å². The fraction of sp³-hybridized carbons (Fsp3) is 0.385. The lowest BCUT2D eigenvalue weighted by atomic mass is 10.1. The van der Waals surface area contributed by atoms with Crippen LogP contribution in [0.2, 0.25) is 0 Å². The molecule has 0 amide bonds. The Morgan fingerprint density at radius 3 is 0.857 bits per heavy atom. The van der Waals surface area contributed by atoms with Crippen LogP contribution in [0.5, 0.6) is 0 Å². The van der Waals surface area contributed by atoms with E-state index >= 15 is 0 Å². The third kappa shape index (κ3) is 24.2. The number of aromatic nitrogens is 6. The summed E-state index contributed by atoms with van der Waals surface area (Å²) >= 11 is 0. The van der Waals surface area contributed by atoms with Gasteiger partial charge in [-0.3, -0.25) is 18.9 Å². The van der Waals surface area contributed by atoms with Gasteiger partial charge in [-0.15, -0.1) is 0 Å². The molecule has 6 aromatic rings. The van der Waals surface area contributed by atoms with E-state index in [4.69, 9.17) is 30.6 Å². The van der Waals surface area contributed by atoms with E-state index in [-0.39, 0.29) is 150 Å². The molecule has 0 aliphatic carbocycles. The lowest BCUT2D eigenvalue weighted by molar-refractivity contribution is 0.136. The summed E-state index contributed by atoms with van der Waals surface area (Å²) in [6.45, 7) is 2.71. The number of aliphatic hydroxyl groups excluding tert-OH is 10. The van der Waals surface area contributed by atoms with Crippen molar-refractivity contribution < 1.29 is 77.0 Å². The highest BCUT2D eigenvalue weighted by molar-refractivity contribution is 7.86. The van der Waals surface area contributed by atoms with Crippen molar-refractivity contribution in [2.24, 2.45) is 0 Å². The van der Waals surface area contributed by atoms with Gasteiger partial charge in [0.05, 0.1) is 66.1 Å². The van der Waals surface area contributed by atoms with Crippen molar-refractivity contribution in [2.75, 3.05) is 163 Å². The van der Waals surface area contributed by atoms with Gasteiger partial charge in [0.2, 0.25) is 35.7 Å². The van der Waals surface area contributed by atoms with Gasteiger partial charge in [0.15, 0.2) is 0 Å². The number of hydrogen-bond donors (Lipinski definition) is 16. The molecule has 4 aromatic carbocycles. The second-order valence-electron chi connectivity index (χ2n) is 17.5. The molecule has 32 heteroatoms. The fourth-order valence-corrected chi connectivity index (χ4v) is 8.97. The van der Waals surface area contributed by atoms with Gasteiger partial charge < -0.3 is 82.1 Å². The number of aliphatic hydroxyl groups is 10. The second-order valence-corrected chi connectivity index (χ2v) is 20.3. The Morgan fingerprint density at radius 1 is 0.345 bits per heavy atom. The van der Waals surface area contributed by atoms with Crippen LogP contribution in [0.15, 0.2) is 107 Å². The normalized spacial score (nSPS) is 11.5. The number of hydrogen-bond acceptors (Lipinski definition) is 28. The van der Waals surface area contributed by atoms with Crippen molar-refractivity contribution in [1.29, 1.82) is 0 Å². The van der Waals surface area contributed by atoms with Crippen molar-refractivity contribution in [1.82, 2.24) is 39.7 Å². The van der Waals surface area contributed by atoms with Gasteiger partial charge in [-0.1, -0.05) is 60.7 Å².